The molecule has 1 radical (unpaired) electrons. The van der Waals surface area contributed by atoms with Gasteiger partial charge in [0, 0.05) is 15.8 Å². The van der Waals surface area contributed by atoms with E-state index < -0.39 is 0 Å². The van der Waals surface area contributed by atoms with Crippen LogP contribution in [0.2, 0.25) is 5.15 Å². The second kappa shape index (κ2) is 3.16. The molecule has 1 nitrogen and oxygen atoms in total. The van der Waals surface area contributed by atoms with E-state index >= 15 is 0 Å². The van der Waals surface area contributed by atoms with Crippen LogP contribution in [0.3, 0.4) is 0 Å². The number of nitrogens with zero attached hydrogens (tertiary/aromatic N) is 1. The number of halogens is 3. The molecule has 0 amide bonds. The molecule has 0 unspecified atom stereocenters. The van der Waals surface area contributed by atoms with Crippen LogP contribution in [0.25, 0.3) is 0 Å². The molecule has 0 atom stereocenters. The van der Waals surface area contributed by atoms with Gasteiger partial charge in [-0.25, -0.2) is 4.98 Å². The normalized spacial score (nSPS) is 9.67. The number of aromatic nitrogens is 1. The summed E-state index contributed by atoms with van der Waals surface area (Å²) in [7, 11) is 0. The summed E-state index contributed by atoms with van der Waals surface area (Å²) in [4.78, 5) is 3.80. The van der Waals surface area contributed by atoms with Crippen molar-refractivity contribution < 1.29 is 0 Å². The van der Waals surface area contributed by atoms with Gasteiger partial charge in [-0.3, -0.25) is 0 Å². The van der Waals surface area contributed by atoms with Crippen LogP contribution in [0, 0.1) is 9.64 Å². The van der Waals surface area contributed by atoms with Crippen LogP contribution < -0.4 is 0 Å². The van der Waals surface area contributed by atoms with E-state index in [1.54, 1.807) is 6.20 Å². The van der Waals surface area contributed by atoms with Gasteiger partial charge >= 0.3 is 0 Å². The van der Waals surface area contributed by atoms with Gasteiger partial charge in [0.2, 0.25) is 0 Å². The first-order valence-corrected chi connectivity index (χ1v) is 4.34. The van der Waals surface area contributed by atoms with Crippen molar-refractivity contribution in [3.05, 3.63) is 25.5 Å². The lowest BCUT2D eigenvalue weighted by Crippen LogP contribution is -1.79. The standard InChI is InChI=1S/C5HBrClIN/c6-4-3(8)1-2-9-5(4)7/h2H. The topological polar surface area (TPSA) is 12.9 Å². The van der Waals surface area contributed by atoms with Gasteiger partial charge in [0.25, 0.3) is 0 Å². The zero-order valence-corrected chi connectivity index (χ0v) is 8.66. The molecule has 4 heteroatoms. The number of rotatable bonds is 0. The minimum atomic E-state index is 0.484. The van der Waals surface area contributed by atoms with Crippen LogP contribution in [0.5, 0.6) is 0 Å². The molecule has 9 heavy (non-hydrogen) atoms. The minimum absolute atomic E-state index is 0.484. The molecule has 47 valence electrons. The van der Waals surface area contributed by atoms with Crippen LogP contribution in [-0.2, 0) is 0 Å². The molecule has 0 aliphatic rings. The van der Waals surface area contributed by atoms with Crippen molar-refractivity contribution in [1.82, 2.24) is 4.98 Å². The molecule has 0 aliphatic heterocycles. The Balaban J connectivity index is 3.25. The quantitative estimate of drug-likeness (QED) is 0.530. The van der Waals surface area contributed by atoms with Crippen molar-refractivity contribution in [2.24, 2.45) is 0 Å². The van der Waals surface area contributed by atoms with Crippen LogP contribution >= 0.6 is 50.1 Å². The zero-order chi connectivity index (χ0) is 6.85. The molecule has 0 aromatic carbocycles. The molecule has 0 N–H and O–H groups in total. The molecule has 0 aliphatic carbocycles. The van der Waals surface area contributed by atoms with Gasteiger partial charge in [0.15, 0.2) is 0 Å². The first-order valence-electron chi connectivity index (χ1n) is 2.09. The molecule has 1 aromatic rings. The van der Waals surface area contributed by atoms with Crippen molar-refractivity contribution in [2.75, 3.05) is 0 Å². The summed E-state index contributed by atoms with van der Waals surface area (Å²) in [6, 6.07) is 2.88. The Morgan fingerprint density at radius 3 is 2.89 bits per heavy atom. The molecule has 1 rings (SSSR count). The maximum Gasteiger partial charge on any atom is 0.144 e. The summed E-state index contributed by atoms with van der Waals surface area (Å²) < 4.78 is 1.76. The van der Waals surface area contributed by atoms with Gasteiger partial charge in [-0.05, 0) is 38.5 Å². The van der Waals surface area contributed by atoms with Crippen LogP contribution in [-0.4, -0.2) is 4.98 Å². The Morgan fingerprint density at radius 1 is 1.78 bits per heavy atom. The second-order valence-corrected chi connectivity index (χ2v) is 3.55. The molecule has 0 saturated carbocycles. The Kier molecular flexibility index (Phi) is 2.73. The van der Waals surface area contributed by atoms with E-state index in [-0.39, 0.29) is 0 Å². The molecule has 0 saturated heterocycles. The highest BCUT2D eigenvalue weighted by Crippen LogP contribution is 2.24. The number of pyridine rings is 1. The molecule has 0 spiro atoms. The maximum atomic E-state index is 5.63. The molecule has 0 fully saturated rings. The maximum absolute atomic E-state index is 5.63. The van der Waals surface area contributed by atoms with Crippen LogP contribution in [0.15, 0.2) is 10.7 Å². The summed E-state index contributed by atoms with van der Waals surface area (Å²) in [6.07, 6.45) is 1.55. The summed E-state index contributed by atoms with van der Waals surface area (Å²) in [6.45, 7) is 0. The predicted octanol–water partition coefficient (Wildman–Crippen LogP) is 2.90. The average molecular weight is 317 g/mol. The van der Waals surface area contributed by atoms with E-state index in [1.165, 1.54) is 0 Å². The van der Waals surface area contributed by atoms with Crippen molar-refractivity contribution >= 4 is 50.1 Å². The fraction of sp³-hybridized carbons (Fsp3) is 0. The first kappa shape index (κ1) is 7.75. The highest BCUT2D eigenvalue weighted by Gasteiger charge is 1.99. The summed E-state index contributed by atoms with van der Waals surface area (Å²) in [5.74, 6) is 0. The van der Waals surface area contributed by atoms with E-state index in [2.05, 4.69) is 49.6 Å². The lowest BCUT2D eigenvalue weighted by atomic mass is 10.5. The fourth-order valence-electron chi connectivity index (χ4n) is 0.356. The fourth-order valence-corrected chi connectivity index (χ4v) is 1.27. The van der Waals surface area contributed by atoms with Crippen molar-refractivity contribution in [2.45, 2.75) is 0 Å². The van der Waals surface area contributed by atoms with Gasteiger partial charge < -0.3 is 0 Å². The lowest BCUT2D eigenvalue weighted by molar-refractivity contribution is 1.28. The Labute approximate surface area is 80.1 Å². The Morgan fingerprint density at radius 2 is 2.44 bits per heavy atom. The van der Waals surface area contributed by atoms with Gasteiger partial charge in [-0.15, -0.1) is 0 Å². The largest absolute Gasteiger partial charge is 0.243 e. The highest BCUT2D eigenvalue weighted by atomic mass is 127. The van der Waals surface area contributed by atoms with E-state index in [0.717, 1.165) is 8.04 Å². The predicted molar refractivity (Wildman–Crippen MR) is 48.5 cm³/mol. The van der Waals surface area contributed by atoms with Gasteiger partial charge in [-0.2, -0.15) is 0 Å². The second-order valence-electron chi connectivity index (χ2n) is 1.32. The van der Waals surface area contributed by atoms with E-state index in [0.29, 0.717) is 5.15 Å². The average Bonchev–Trinajstić information content (AvgIpc) is 1.83. The third-order valence-electron chi connectivity index (χ3n) is 0.743. The van der Waals surface area contributed by atoms with Gasteiger partial charge in [-0.1, -0.05) is 11.6 Å². The Hall–Kier alpha value is 0.650. The van der Waals surface area contributed by atoms with E-state index in [9.17, 15) is 0 Å². The molecular weight excluding hydrogens is 316 g/mol. The number of hydrogen-bond acceptors (Lipinski definition) is 1. The summed E-state index contributed by atoms with van der Waals surface area (Å²) in [5.41, 5.74) is 0. The lowest BCUT2D eigenvalue weighted by Gasteiger charge is -1.93. The minimum Gasteiger partial charge on any atom is -0.243 e. The monoisotopic (exact) mass is 316 g/mol. The summed E-state index contributed by atoms with van der Waals surface area (Å²) in [5, 5.41) is 0.484. The van der Waals surface area contributed by atoms with Gasteiger partial charge in [0.1, 0.15) is 5.15 Å². The van der Waals surface area contributed by atoms with Crippen molar-refractivity contribution in [1.29, 1.82) is 0 Å². The van der Waals surface area contributed by atoms with Crippen LogP contribution in [0.4, 0.5) is 0 Å². The highest BCUT2D eigenvalue weighted by molar-refractivity contribution is 14.1. The smallest absolute Gasteiger partial charge is 0.144 e. The molecule has 1 aromatic heterocycles. The molecule has 0 bridgehead atoms. The van der Waals surface area contributed by atoms with Crippen molar-refractivity contribution in [3.63, 3.8) is 0 Å². The Bertz CT molecular complexity index is 208. The van der Waals surface area contributed by atoms with Crippen molar-refractivity contribution in [3.8, 4) is 0 Å². The third kappa shape index (κ3) is 1.78. The first-order chi connectivity index (χ1) is 4.22. The van der Waals surface area contributed by atoms with Crippen LogP contribution in [0.1, 0.15) is 0 Å². The summed E-state index contributed by atoms with van der Waals surface area (Å²) >= 11 is 11.0. The SMILES string of the molecule is Clc1nc[c]c(I)c1Br. The number of hydrogen-bond donors (Lipinski definition) is 0. The van der Waals surface area contributed by atoms with E-state index in [1.807, 2.05) is 0 Å². The third-order valence-corrected chi connectivity index (χ3v) is 3.62. The van der Waals surface area contributed by atoms with Gasteiger partial charge in [0.05, 0.1) is 4.47 Å². The van der Waals surface area contributed by atoms with E-state index in [4.69, 9.17) is 11.6 Å². The zero-order valence-electron chi connectivity index (χ0n) is 4.16. The molecule has 1 heterocycles. The molecular formula is C5HBrClIN.